The van der Waals surface area contributed by atoms with Crippen LogP contribution in [0.4, 0.5) is 0 Å². The second kappa shape index (κ2) is 6.60. The van der Waals surface area contributed by atoms with E-state index >= 15 is 0 Å². The van der Waals surface area contributed by atoms with Crippen LogP contribution >= 0.6 is 11.3 Å². The molecule has 21 heavy (non-hydrogen) atoms. The van der Waals surface area contributed by atoms with Gasteiger partial charge in [-0.15, -0.1) is 11.3 Å². The van der Waals surface area contributed by atoms with Crippen molar-refractivity contribution < 1.29 is 14.3 Å². The lowest BCUT2D eigenvalue weighted by Crippen LogP contribution is -2.29. The van der Waals surface area contributed by atoms with Crippen LogP contribution in [0.25, 0.3) is 0 Å². The molecular weight excluding hydrogens is 286 g/mol. The SMILES string of the molecule is CCCc1cc(C(=O)N2CC(C)C(C(=O)OC)C2)sc1C. The first kappa shape index (κ1) is 16.0. The number of hydrogen-bond acceptors (Lipinski definition) is 4. The van der Waals surface area contributed by atoms with Gasteiger partial charge in [0, 0.05) is 18.0 Å². The fourth-order valence-corrected chi connectivity index (χ4v) is 3.93. The first-order chi connectivity index (χ1) is 9.97. The molecule has 5 heteroatoms. The Labute approximate surface area is 130 Å². The summed E-state index contributed by atoms with van der Waals surface area (Å²) in [5, 5.41) is 0. The number of aryl methyl sites for hydroxylation is 2. The number of rotatable bonds is 4. The highest BCUT2D eigenvalue weighted by Crippen LogP contribution is 2.29. The quantitative estimate of drug-likeness (QED) is 0.804. The van der Waals surface area contributed by atoms with Crippen molar-refractivity contribution in [2.45, 2.75) is 33.6 Å². The molecule has 116 valence electrons. The van der Waals surface area contributed by atoms with Crippen molar-refractivity contribution in [3.05, 3.63) is 21.4 Å². The first-order valence-corrected chi connectivity index (χ1v) is 8.26. The molecule has 1 aliphatic heterocycles. The molecule has 0 spiro atoms. The van der Waals surface area contributed by atoms with E-state index in [-0.39, 0.29) is 23.7 Å². The fraction of sp³-hybridized carbons (Fsp3) is 0.625. The predicted molar refractivity (Wildman–Crippen MR) is 83.6 cm³/mol. The van der Waals surface area contributed by atoms with E-state index in [0.29, 0.717) is 13.1 Å². The van der Waals surface area contributed by atoms with E-state index in [9.17, 15) is 9.59 Å². The Hall–Kier alpha value is -1.36. The molecule has 1 aliphatic rings. The molecule has 4 nitrogen and oxygen atoms in total. The van der Waals surface area contributed by atoms with E-state index in [1.54, 1.807) is 16.2 Å². The van der Waals surface area contributed by atoms with Crippen LogP contribution in [0.5, 0.6) is 0 Å². The molecule has 0 bridgehead atoms. The van der Waals surface area contributed by atoms with E-state index in [0.717, 1.165) is 17.7 Å². The minimum atomic E-state index is -0.216. The first-order valence-electron chi connectivity index (χ1n) is 7.44. The lowest BCUT2D eigenvalue weighted by Gasteiger charge is -2.14. The molecule has 1 amide bonds. The topological polar surface area (TPSA) is 46.6 Å². The summed E-state index contributed by atoms with van der Waals surface area (Å²) < 4.78 is 4.82. The Balaban J connectivity index is 2.11. The Bertz CT molecular complexity index is 538. The number of esters is 1. The predicted octanol–water partition coefficient (Wildman–Crippen LogP) is 2.89. The smallest absolute Gasteiger partial charge is 0.310 e. The molecule has 2 rings (SSSR count). The number of amides is 1. The largest absolute Gasteiger partial charge is 0.469 e. The van der Waals surface area contributed by atoms with Crippen LogP contribution in [-0.2, 0) is 16.0 Å². The zero-order valence-electron chi connectivity index (χ0n) is 13.1. The lowest BCUT2D eigenvalue weighted by atomic mass is 9.99. The van der Waals surface area contributed by atoms with Crippen molar-refractivity contribution in [1.29, 1.82) is 0 Å². The highest BCUT2D eigenvalue weighted by atomic mass is 32.1. The van der Waals surface area contributed by atoms with Crippen LogP contribution in [0.15, 0.2) is 6.07 Å². The third-order valence-corrected chi connectivity index (χ3v) is 5.23. The molecule has 2 heterocycles. The average molecular weight is 309 g/mol. The van der Waals surface area contributed by atoms with Gasteiger partial charge in [-0.3, -0.25) is 9.59 Å². The van der Waals surface area contributed by atoms with Gasteiger partial charge in [0.25, 0.3) is 5.91 Å². The van der Waals surface area contributed by atoms with Crippen molar-refractivity contribution >= 4 is 23.2 Å². The molecule has 1 aromatic rings. The van der Waals surface area contributed by atoms with Crippen LogP contribution in [0, 0.1) is 18.8 Å². The molecule has 1 aromatic heterocycles. The fourth-order valence-electron chi connectivity index (χ4n) is 2.89. The second-order valence-corrected chi connectivity index (χ2v) is 7.02. The lowest BCUT2D eigenvalue weighted by molar-refractivity contribution is -0.146. The highest BCUT2D eigenvalue weighted by Gasteiger charge is 2.38. The Morgan fingerprint density at radius 1 is 1.43 bits per heavy atom. The third kappa shape index (κ3) is 3.28. The van der Waals surface area contributed by atoms with E-state index in [4.69, 9.17) is 4.74 Å². The van der Waals surface area contributed by atoms with Crippen molar-refractivity contribution in [3.63, 3.8) is 0 Å². The summed E-state index contributed by atoms with van der Waals surface area (Å²) in [5.74, 6) is -0.219. The zero-order chi connectivity index (χ0) is 15.6. The van der Waals surface area contributed by atoms with Gasteiger partial charge in [0.05, 0.1) is 17.9 Å². The van der Waals surface area contributed by atoms with Gasteiger partial charge in [0.2, 0.25) is 0 Å². The Kier molecular flexibility index (Phi) is 5.04. The second-order valence-electron chi connectivity index (χ2n) is 5.76. The highest BCUT2D eigenvalue weighted by molar-refractivity contribution is 7.14. The van der Waals surface area contributed by atoms with Gasteiger partial charge in [0.1, 0.15) is 0 Å². The summed E-state index contributed by atoms with van der Waals surface area (Å²) in [5.41, 5.74) is 1.27. The van der Waals surface area contributed by atoms with Crippen molar-refractivity contribution in [2.24, 2.45) is 11.8 Å². The molecule has 0 saturated carbocycles. The van der Waals surface area contributed by atoms with Gasteiger partial charge in [-0.05, 0) is 30.9 Å². The molecule has 0 aromatic carbocycles. The number of carbonyl (C=O) groups is 2. The maximum Gasteiger partial charge on any atom is 0.310 e. The monoisotopic (exact) mass is 309 g/mol. The summed E-state index contributed by atoms with van der Waals surface area (Å²) in [6, 6.07) is 2.02. The summed E-state index contributed by atoms with van der Waals surface area (Å²) in [4.78, 5) is 28.1. The van der Waals surface area contributed by atoms with Gasteiger partial charge in [-0.1, -0.05) is 20.3 Å². The summed E-state index contributed by atoms with van der Waals surface area (Å²) in [6.07, 6.45) is 2.09. The zero-order valence-corrected chi connectivity index (χ0v) is 14.0. The van der Waals surface area contributed by atoms with Crippen LogP contribution in [-0.4, -0.2) is 37.0 Å². The van der Waals surface area contributed by atoms with E-state index in [1.807, 2.05) is 13.0 Å². The van der Waals surface area contributed by atoms with E-state index in [2.05, 4.69) is 13.8 Å². The third-order valence-electron chi connectivity index (χ3n) is 4.15. The minimum Gasteiger partial charge on any atom is -0.469 e. The Morgan fingerprint density at radius 2 is 2.14 bits per heavy atom. The summed E-state index contributed by atoms with van der Waals surface area (Å²) in [7, 11) is 1.40. The van der Waals surface area contributed by atoms with Gasteiger partial charge in [-0.2, -0.15) is 0 Å². The maximum absolute atomic E-state index is 12.6. The standard InChI is InChI=1S/C16H23NO3S/c1-5-6-12-7-14(21-11(12)3)15(18)17-8-10(2)13(9-17)16(19)20-4/h7,10,13H,5-6,8-9H2,1-4H3. The van der Waals surface area contributed by atoms with Gasteiger partial charge in [0.15, 0.2) is 0 Å². The molecule has 0 radical (unpaired) electrons. The maximum atomic E-state index is 12.6. The summed E-state index contributed by atoms with van der Waals surface area (Å²) >= 11 is 1.56. The van der Waals surface area contributed by atoms with Crippen molar-refractivity contribution in [3.8, 4) is 0 Å². The molecule has 0 N–H and O–H groups in total. The van der Waals surface area contributed by atoms with Gasteiger partial charge in [-0.25, -0.2) is 0 Å². The molecule has 2 unspecified atom stereocenters. The average Bonchev–Trinajstić information content (AvgIpc) is 3.02. The summed E-state index contributed by atoms with van der Waals surface area (Å²) in [6.45, 7) is 7.29. The van der Waals surface area contributed by atoms with Crippen LogP contribution < -0.4 is 0 Å². The number of thiophene rings is 1. The molecular formula is C16H23NO3S. The van der Waals surface area contributed by atoms with Crippen LogP contribution in [0.1, 0.15) is 40.4 Å². The molecule has 1 fully saturated rings. The molecule has 1 saturated heterocycles. The number of likely N-dealkylation sites (tertiary alicyclic amines) is 1. The number of carbonyl (C=O) groups excluding carboxylic acids is 2. The number of ether oxygens (including phenoxy) is 1. The van der Waals surface area contributed by atoms with E-state index < -0.39 is 0 Å². The Morgan fingerprint density at radius 3 is 2.76 bits per heavy atom. The van der Waals surface area contributed by atoms with Crippen molar-refractivity contribution in [1.82, 2.24) is 4.90 Å². The molecule has 0 aliphatic carbocycles. The molecule has 2 atom stereocenters. The van der Waals surface area contributed by atoms with Crippen molar-refractivity contribution in [2.75, 3.05) is 20.2 Å². The normalized spacial score (nSPS) is 21.6. The van der Waals surface area contributed by atoms with E-state index in [1.165, 1.54) is 17.6 Å². The van der Waals surface area contributed by atoms with Crippen LogP contribution in [0.3, 0.4) is 0 Å². The van der Waals surface area contributed by atoms with Gasteiger partial charge >= 0.3 is 5.97 Å². The minimum absolute atomic E-state index is 0.0451. The van der Waals surface area contributed by atoms with Gasteiger partial charge < -0.3 is 9.64 Å². The van der Waals surface area contributed by atoms with Crippen LogP contribution in [0.2, 0.25) is 0 Å². The number of nitrogens with zero attached hydrogens (tertiary/aromatic N) is 1. The number of methoxy groups -OCH3 is 1. The number of hydrogen-bond donors (Lipinski definition) is 0.